The second kappa shape index (κ2) is 14.3. The van der Waals surface area contributed by atoms with Crippen molar-refractivity contribution in [2.24, 2.45) is 0 Å². The number of hydrogen-bond acceptors (Lipinski definition) is 3. The lowest BCUT2D eigenvalue weighted by atomic mass is 10.0. The second-order valence-electron chi connectivity index (χ2n) is 17.2. The zero-order valence-corrected chi connectivity index (χ0v) is 35.6. The van der Waals surface area contributed by atoms with Crippen LogP contribution in [0.4, 0.5) is 0 Å². The molecular weight excluding hydrogens is 803 g/mol. The Hall–Kier alpha value is -8.93. The Morgan fingerprint density at radius 3 is 1.64 bits per heavy atom. The average Bonchev–Trinajstić information content (AvgIpc) is 3.89. The standard InChI is InChI=1S/C61H37N5/c1-2-17-40(18-3-1)59-62-60(48-27-14-21-38-15-6-8-22-44(38)48)64-61(63-59)49-31-34-54(47-25-11-10-24-46(47)49)66-55-33-30-43(37-52(55)51-35-41-19-4-5-20-42(41)36-57(51)66)65-53-28-13-12-26-50(53)58-45-23-9-7-16-39(45)29-32-56(58)65/h1-37H. The van der Waals surface area contributed by atoms with E-state index in [1.807, 2.05) is 18.2 Å². The van der Waals surface area contributed by atoms with E-state index in [9.17, 15) is 0 Å². The Kier molecular flexibility index (Phi) is 7.91. The summed E-state index contributed by atoms with van der Waals surface area (Å²) in [6, 6.07) is 80.5. The molecule has 0 fully saturated rings. The summed E-state index contributed by atoms with van der Waals surface area (Å²) in [5, 5.41) is 14.3. The lowest BCUT2D eigenvalue weighted by Gasteiger charge is -2.16. The van der Waals surface area contributed by atoms with Crippen LogP contribution in [0.15, 0.2) is 224 Å². The maximum Gasteiger partial charge on any atom is 0.164 e. The van der Waals surface area contributed by atoms with E-state index in [-0.39, 0.29) is 0 Å². The lowest BCUT2D eigenvalue weighted by Crippen LogP contribution is -2.02. The molecule has 0 unspecified atom stereocenters. The van der Waals surface area contributed by atoms with Gasteiger partial charge in [0.05, 0.1) is 27.8 Å². The van der Waals surface area contributed by atoms with Crippen molar-refractivity contribution >= 4 is 86.7 Å². The molecule has 0 aliphatic heterocycles. The molecule has 11 aromatic carbocycles. The lowest BCUT2D eigenvalue weighted by molar-refractivity contribution is 1.08. The highest BCUT2D eigenvalue weighted by Gasteiger charge is 2.22. The minimum Gasteiger partial charge on any atom is -0.309 e. The summed E-state index contributed by atoms with van der Waals surface area (Å²) >= 11 is 0. The third-order valence-corrected chi connectivity index (χ3v) is 13.5. The van der Waals surface area contributed by atoms with Crippen molar-refractivity contribution in [1.82, 2.24) is 24.1 Å². The highest BCUT2D eigenvalue weighted by molar-refractivity contribution is 6.22. The average molecular weight is 840 g/mol. The first-order valence-corrected chi connectivity index (χ1v) is 22.4. The van der Waals surface area contributed by atoms with Crippen LogP contribution in [0.25, 0.3) is 132 Å². The van der Waals surface area contributed by atoms with Gasteiger partial charge in [-0.3, -0.25) is 0 Å². The highest BCUT2D eigenvalue weighted by Crippen LogP contribution is 2.42. The van der Waals surface area contributed by atoms with Crippen LogP contribution >= 0.6 is 0 Å². The number of fused-ring (bicyclic) bond motifs is 11. The van der Waals surface area contributed by atoms with Crippen molar-refractivity contribution in [3.05, 3.63) is 224 Å². The smallest absolute Gasteiger partial charge is 0.164 e. The fourth-order valence-corrected chi connectivity index (χ4v) is 10.5. The molecule has 0 bridgehead atoms. The maximum absolute atomic E-state index is 5.29. The van der Waals surface area contributed by atoms with E-state index in [4.69, 9.17) is 15.0 Å². The van der Waals surface area contributed by atoms with Crippen molar-refractivity contribution < 1.29 is 0 Å². The van der Waals surface area contributed by atoms with Crippen LogP contribution in [0.2, 0.25) is 0 Å². The summed E-state index contributed by atoms with van der Waals surface area (Å²) in [6.07, 6.45) is 0. The monoisotopic (exact) mass is 839 g/mol. The highest BCUT2D eigenvalue weighted by atomic mass is 15.0. The Morgan fingerprint density at radius 2 is 0.833 bits per heavy atom. The molecule has 5 nitrogen and oxygen atoms in total. The first-order chi connectivity index (χ1) is 32.7. The van der Waals surface area contributed by atoms with Gasteiger partial charge in [-0.1, -0.05) is 170 Å². The molecule has 0 aliphatic carbocycles. The van der Waals surface area contributed by atoms with Gasteiger partial charge in [0.1, 0.15) is 0 Å². The third kappa shape index (κ3) is 5.50. The first kappa shape index (κ1) is 36.5. The predicted octanol–water partition coefficient (Wildman–Crippen LogP) is 15.7. The fourth-order valence-electron chi connectivity index (χ4n) is 10.5. The zero-order valence-electron chi connectivity index (χ0n) is 35.6. The maximum atomic E-state index is 5.29. The molecule has 0 radical (unpaired) electrons. The molecule has 5 heteroatoms. The van der Waals surface area contributed by atoms with E-state index < -0.39 is 0 Å². The Balaban J connectivity index is 1.01. The number of para-hydroxylation sites is 1. The van der Waals surface area contributed by atoms with Crippen LogP contribution in [-0.4, -0.2) is 24.1 Å². The van der Waals surface area contributed by atoms with Gasteiger partial charge in [-0.2, -0.15) is 0 Å². The molecule has 0 saturated heterocycles. The molecule has 306 valence electrons. The quantitative estimate of drug-likeness (QED) is 0.173. The molecule has 0 N–H and O–H groups in total. The van der Waals surface area contributed by atoms with Crippen LogP contribution in [-0.2, 0) is 0 Å². The van der Waals surface area contributed by atoms with Crippen molar-refractivity contribution in [1.29, 1.82) is 0 Å². The number of rotatable bonds is 5. The van der Waals surface area contributed by atoms with Gasteiger partial charge < -0.3 is 9.13 Å². The first-order valence-electron chi connectivity index (χ1n) is 22.4. The van der Waals surface area contributed by atoms with E-state index >= 15 is 0 Å². The predicted molar refractivity (Wildman–Crippen MR) is 275 cm³/mol. The van der Waals surface area contributed by atoms with Crippen LogP contribution in [0.5, 0.6) is 0 Å². The molecule has 0 aliphatic rings. The van der Waals surface area contributed by atoms with Crippen LogP contribution in [0.3, 0.4) is 0 Å². The van der Waals surface area contributed by atoms with Gasteiger partial charge >= 0.3 is 0 Å². The van der Waals surface area contributed by atoms with Crippen LogP contribution in [0.1, 0.15) is 0 Å². The molecular formula is C61H37N5. The number of nitrogens with zero attached hydrogens (tertiary/aromatic N) is 5. The molecule has 14 rings (SSSR count). The molecule has 14 aromatic rings. The van der Waals surface area contributed by atoms with Gasteiger partial charge in [0.25, 0.3) is 0 Å². The Morgan fingerprint density at radius 1 is 0.273 bits per heavy atom. The third-order valence-electron chi connectivity index (χ3n) is 13.5. The molecule has 3 heterocycles. The van der Waals surface area contributed by atoms with E-state index in [1.54, 1.807) is 0 Å². The molecule has 0 amide bonds. The summed E-state index contributed by atoms with van der Waals surface area (Å²) in [4.78, 5) is 15.6. The zero-order chi connectivity index (χ0) is 43.3. The van der Waals surface area contributed by atoms with Gasteiger partial charge in [-0.15, -0.1) is 0 Å². The summed E-state index contributed by atoms with van der Waals surface area (Å²) < 4.78 is 4.90. The molecule has 3 aromatic heterocycles. The van der Waals surface area contributed by atoms with Gasteiger partial charge in [-0.25, -0.2) is 15.0 Å². The number of benzene rings is 11. The molecule has 0 saturated carbocycles. The van der Waals surface area contributed by atoms with Crippen molar-refractivity contribution in [2.75, 3.05) is 0 Å². The normalized spacial score (nSPS) is 11.9. The fraction of sp³-hybridized carbons (Fsp3) is 0. The summed E-state index contributed by atoms with van der Waals surface area (Å²) in [5.74, 6) is 1.91. The van der Waals surface area contributed by atoms with Crippen LogP contribution < -0.4 is 0 Å². The van der Waals surface area contributed by atoms with Gasteiger partial charge in [0.15, 0.2) is 17.5 Å². The van der Waals surface area contributed by atoms with Gasteiger partial charge in [-0.05, 0) is 92.3 Å². The number of aromatic nitrogens is 5. The van der Waals surface area contributed by atoms with Crippen molar-refractivity contribution in [3.63, 3.8) is 0 Å². The summed E-state index contributed by atoms with van der Waals surface area (Å²) in [5.41, 5.74) is 9.75. The van der Waals surface area contributed by atoms with Crippen LogP contribution in [0, 0.1) is 0 Å². The number of hydrogen-bond donors (Lipinski definition) is 0. The minimum atomic E-state index is 0.631. The molecule has 66 heavy (non-hydrogen) atoms. The summed E-state index contributed by atoms with van der Waals surface area (Å²) in [7, 11) is 0. The van der Waals surface area contributed by atoms with Gasteiger partial charge in [0.2, 0.25) is 0 Å². The minimum absolute atomic E-state index is 0.631. The topological polar surface area (TPSA) is 48.5 Å². The Bertz CT molecular complexity index is 4290. The summed E-state index contributed by atoms with van der Waals surface area (Å²) in [6.45, 7) is 0. The van der Waals surface area contributed by atoms with E-state index in [1.165, 1.54) is 54.1 Å². The van der Waals surface area contributed by atoms with Crippen molar-refractivity contribution in [3.8, 4) is 45.5 Å². The van der Waals surface area contributed by atoms with E-state index in [0.29, 0.717) is 17.5 Å². The van der Waals surface area contributed by atoms with Crippen molar-refractivity contribution in [2.45, 2.75) is 0 Å². The van der Waals surface area contributed by atoms with Gasteiger partial charge in [0, 0.05) is 49.3 Å². The molecule has 0 spiro atoms. The second-order valence-corrected chi connectivity index (χ2v) is 17.2. The van der Waals surface area contributed by atoms with E-state index in [2.05, 4.69) is 215 Å². The molecule has 0 atom stereocenters. The SMILES string of the molecule is c1ccc(-c2nc(-c3cccc4ccccc34)nc(-c3ccc(-n4c5ccc(-n6c7ccccc7c7c8ccccc8ccc76)cc5c5cc6ccccc6cc54)c4ccccc34)n2)cc1. The Labute approximate surface area is 379 Å². The van der Waals surface area contributed by atoms with E-state index in [0.717, 1.165) is 60.6 Å². The largest absolute Gasteiger partial charge is 0.309 e.